The van der Waals surface area contributed by atoms with Gasteiger partial charge in [-0.05, 0) is 24.1 Å². The summed E-state index contributed by atoms with van der Waals surface area (Å²) in [6, 6.07) is 6.67. The Morgan fingerprint density at radius 1 is 1.38 bits per heavy atom. The average Bonchev–Trinajstić information content (AvgIpc) is 2.64. The van der Waals surface area contributed by atoms with Gasteiger partial charge in [0.15, 0.2) is 0 Å². The van der Waals surface area contributed by atoms with E-state index in [4.69, 9.17) is 9.84 Å². The van der Waals surface area contributed by atoms with Crippen LogP contribution in [0.25, 0.3) is 0 Å². The zero-order valence-corrected chi connectivity index (χ0v) is 15.4. The van der Waals surface area contributed by atoms with Crippen LogP contribution in [0.5, 0.6) is 5.75 Å². The van der Waals surface area contributed by atoms with E-state index in [0.717, 1.165) is 18.3 Å². The second-order valence-electron chi connectivity index (χ2n) is 6.02. The highest BCUT2D eigenvalue weighted by atomic mass is 16.5. The predicted molar refractivity (Wildman–Crippen MR) is 97.9 cm³/mol. The number of hydrogen-bond donors (Lipinski definition) is 2. The number of nitrogens with one attached hydrogen (secondary N) is 1. The van der Waals surface area contributed by atoms with Gasteiger partial charge in [0.25, 0.3) is 0 Å². The van der Waals surface area contributed by atoms with Crippen molar-refractivity contribution in [3.05, 3.63) is 29.8 Å². The Kier molecular flexibility index (Phi) is 10.0. The van der Waals surface area contributed by atoms with Gasteiger partial charge in [-0.25, -0.2) is 0 Å². The molecule has 7 heteroatoms. The van der Waals surface area contributed by atoms with Gasteiger partial charge in [-0.2, -0.15) is 0 Å². The number of aldehydes is 1. The summed E-state index contributed by atoms with van der Waals surface area (Å²) in [6.45, 7) is 2.27. The third-order valence-electron chi connectivity index (χ3n) is 3.90. The fraction of sp³-hybridized carbons (Fsp3) is 0.526. The molecule has 0 aliphatic rings. The largest absolute Gasteiger partial charge is 0.493 e. The molecule has 0 bridgehead atoms. The molecule has 0 heterocycles. The summed E-state index contributed by atoms with van der Waals surface area (Å²) >= 11 is 0. The van der Waals surface area contributed by atoms with Gasteiger partial charge < -0.3 is 24.9 Å². The first-order chi connectivity index (χ1) is 12.5. The maximum atomic E-state index is 12.1. The highest BCUT2D eigenvalue weighted by molar-refractivity contribution is 5.87. The lowest BCUT2D eigenvalue weighted by Gasteiger charge is -2.23. The minimum Gasteiger partial charge on any atom is -0.493 e. The van der Waals surface area contributed by atoms with E-state index in [0.29, 0.717) is 25.2 Å². The van der Waals surface area contributed by atoms with Gasteiger partial charge in [-0.1, -0.05) is 25.5 Å². The quantitative estimate of drug-likeness (QED) is 0.425. The summed E-state index contributed by atoms with van der Waals surface area (Å²) in [7, 11) is 1.57. The number of likely N-dealkylation sites (N-methyl/N-ethyl adjacent to an activating group) is 1. The van der Waals surface area contributed by atoms with Gasteiger partial charge in [-0.3, -0.25) is 9.59 Å². The number of amides is 2. The molecule has 26 heavy (non-hydrogen) atoms. The topological polar surface area (TPSA) is 95.9 Å². The fourth-order valence-corrected chi connectivity index (χ4v) is 2.38. The molecule has 0 spiro atoms. The predicted octanol–water partition coefficient (Wildman–Crippen LogP) is 0.933. The van der Waals surface area contributed by atoms with Crippen molar-refractivity contribution in [3.8, 4) is 5.75 Å². The third-order valence-corrected chi connectivity index (χ3v) is 3.90. The zero-order chi connectivity index (χ0) is 19.4. The molecule has 0 fully saturated rings. The van der Waals surface area contributed by atoms with E-state index < -0.39 is 6.04 Å². The average molecular weight is 364 g/mol. The summed E-state index contributed by atoms with van der Waals surface area (Å²) in [5.41, 5.74) is 0.765. The molecule has 0 saturated carbocycles. The van der Waals surface area contributed by atoms with E-state index in [1.54, 1.807) is 31.3 Å². The molecule has 144 valence electrons. The van der Waals surface area contributed by atoms with E-state index >= 15 is 0 Å². The van der Waals surface area contributed by atoms with Crippen LogP contribution >= 0.6 is 0 Å². The Hall–Kier alpha value is -2.41. The van der Waals surface area contributed by atoms with Crippen LogP contribution in [0.4, 0.5) is 0 Å². The smallest absolute Gasteiger partial charge is 0.242 e. The maximum absolute atomic E-state index is 12.1. The summed E-state index contributed by atoms with van der Waals surface area (Å²) in [4.78, 5) is 36.5. The number of carbonyl (C=O) groups excluding carboxylic acids is 3. The Balaban J connectivity index is 2.47. The first-order valence-corrected chi connectivity index (χ1v) is 8.82. The number of aliphatic hydroxyl groups is 1. The van der Waals surface area contributed by atoms with E-state index in [1.807, 2.05) is 6.92 Å². The van der Waals surface area contributed by atoms with Crippen LogP contribution in [0.2, 0.25) is 0 Å². The minimum absolute atomic E-state index is 0.0633. The van der Waals surface area contributed by atoms with Gasteiger partial charge in [0.2, 0.25) is 11.8 Å². The SMILES string of the molecule is CCCC(C=O)N(C)C(=O)CNC(=O)Cc1cccc(OCCCO)c1. The van der Waals surface area contributed by atoms with Crippen LogP contribution < -0.4 is 10.1 Å². The van der Waals surface area contributed by atoms with Crippen molar-refractivity contribution in [2.45, 2.75) is 38.6 Å². The van der Waals surface area contributed by atoms with Crippen molar-refractivity contribution in [1.82, 2.24) is 10.2 Å². The molecule has 1 rings (SSSR count). The lowest BCUT2D eigenvalue weighted by atomic mass is 10.1. The Morgan fingerprint density at radius 3 is 2.81 bits per heavy atom. The van der Waals surface area contributed by atoms with Crippen LogP contribution in [0, 0.1) is 0 Å². The number of rotatable bonds is 12. The molecule has 1 atom stereocenters. The highest BCUT2D eigenvalue weighted by Crippen LogP contribution is 2.14. The van der Waals surface area contributed by atoms with Gasteiger partial charge in [0.05, 0.1) is 25.6 Å². The van der Waals surface area contributed by atoms with Crippen molar-refractivity contribution in [1.29, 1.82) is 0 Å². The number of carbonyl (C=O) groups is 3. The van der Waals surface area contributed by atoms with Crippen LogP contribution in [-0.2, 0) is 20.8 Å². The van der Waals surface area contributed by atoms with Crippen molar-refractivity contribution in [3.63, 3.8) is 0 Å². The summed E-state index contributed by atoms with van der Waals surface area (Å²) in [5, 5.41) is 11.3. The van der Waals surface area contributed by atoms with Crippen LogP contribution in [-0.4, -0.2) is 61.0 Å². The van der Waals surface area contributed by atoms with E-state index in [2.05, 4.69) is 5.32 Å². The zero-order valence-electron chi connectivity index (χ0n) is 15.4. The molecule has 0 saturated heterocycles. The van der Waals surface area contributed by atoms with Crippen molar-refractivity contribution >= 4 is 18.1 Å². The summed E-state index contributed by atoms with van der Waals surface area (Å²) in [5.74, 6) is 0.0512. The number of nitrogens with zero attached hydrogens (tertiary/aromatic N) is 1. The molecule has 2 amide bonds. The molecule has 7 nitrogen and oxygen atoms in total. The van der Waals surface area contributed by atoms with Crippen LogP contribution in [0.1, 0.15) is 31.7 Å². The normalized spacial score (nSPS) is 11.5. The molecule has 0 aromatic heterocycles. The van der Waals surface area contributed by atoms with Crippen molar-refractivity contribution in [2.75, 3.05) is 26.8 Å². The standard InChI is InChI=1S/C19H28N2O5/c1-3-6-16(14-23)21(2)19(25)13-20-18(24)12-15-7-4-8-17(11-15)26-10-5-9-22/h4,7-8,11,14,16,22H,3,5-6,9-10,12-13H2,1-2H3,(H,20,24). The van der Waals surface area contributed by atoms with Gasteiger partial charge in [0, 0.05) is 20.1 Å². The van der Waals surface area contributed by atoms with E-state index in [-0.39, 0.29) is 31.4 Å². The summed E-state index contributed by atoms with van der Waals surface area (Å²) < 4.78 is 5.47. The third kappa shape index (κ3) is 7.65. The molecule has 0 radical (unpaired) electrons. The second kappa shape index (κ2) is 12.0. The molecule has 1 aromatic carbocycles. The van der Waals surface area contributed by atoms with Crippen molar-refractivity contribution in [2.24, 2.45) is 0 Å². The molecule has 0 aliphatic heterocycles. The first kappa shape index (κ1) is 21.6. The molecular weight excluding hydrogens is 336 g/mol. The summed E-state index contributed by atoms with van der Waals surface area (Å²) in [6.07, 6.45) is 2.82. The fourth-order valence-electron chi connectivity index (χ4n) is 2.38. The van der Waals surface area contributed by atoms with E-state index in [9.17, 15) is 14.4 Å². The van der Waals surface area contributed by atoms with Crippen LogP contribution in [0.15, 0.2) is 24.3 Å². The minimum atomic E-state index is -0.461. The number of hydrogen-bond acceptors (Lipinski definition) is 5. The Labute approximate surface area is 154 Å². The molecule has 2 N–H and O–H groups in total. The highest BCUT2D eigenvalue weighted by Gasteiger charge is 2.18. The van der Waals surface area contributed by atoms with Crippen LogP contribution in [0.3, 0.4) is 0 Å². The Morgan fingerprint density at radius 2 is 2.15 bits per heavy atom. The van der Waals surface area contributed by atoms with Gasteiger partial charge in [0.1, 0.15) is 12.0 Å². The van der Waals surface area contributed by atoms with Crippen molar-refractivity contribution < 1.29 is 24.2 Å². The van der Waals surface area contributed by atoms with E-state index in [1.165, 1.54) is 4.90 Å². The monoisotopic (exact) mass is 364 g/mol. The molecule has 1 aromatic rings. The number of ether oxygens (including phenoxy) is 1. The Bertz CT molecular complexity index is 591. The number of aliphatic hydroxyl groups excluding tert-OH is 1. The molecule has 0 aliphatic carbocycles. The lowest BCUT2D eigenvalue weighted by Crippen LogP contribution is -2.44. The first-order valence-electron chi connectivity index (χ1n) is 8.82. The second-order valence-corrected chi connectivity index (χ2v) is 6.02. The van der Waals surface area contributed by atoms with Gasteiger partial charge >= 0.3 is 0 Å². The molecular formula is C19H28N2O5. The maximum Gasteiger partial charge on any atom is 0.242 e. The van der Waals surface area contributed by atoms with Gasteiger partial charge in [-0.15, -0.1) is 0 Å². The lowest BCUT2D eigenvalue weighted by molar-refractivity contribution is -0.135. The number of benzene rings is 1. The molecule has 1 unspecified atom stereocenters.